The van der Waals surface area contributed by atoms with Crippen molar-refractivity contribution in [2.24, 2.45) is 0 Å². The Balaban J connectivity index is 2.03. The summed E-state index contributed by atoms with van der Waals surface area (Å²) in [6, 6.07) is -0.806. The number of piperazine rings is 1. The van der Waals surface area contributed by atoms with Gasteiger partial charge in [-0.2, -0.15) is 0 Å². The summed E-state index contributed by atoms with van der Waals surface area (Å²) in [6.07, 6.45) is 3.04. The number of aromatic nitrogens is 3. The normalized spacial score (nSPS) is 20.2. The van der Waals surface area contributed by atoms with Crippen LogP contribution >= 0.6 is 0 Å². The van der Waals surface area contributed by atoms with Gasteiger partial charge in [0.25, 0.3) is 0 Å². The highest BCUT2D eigenvalue weighted by molar-refractivity contribution is 5.84. The van der Waals surface area contributed by atoms with Crippen LogP contribution in [-0.2, 0) is 16.1 Å². The van der Waals surface area contributed by atoms with Gasteiger partial charge in [0.2, 0.25) is 5.91 Å². The molecular weight excluding hydrogens is 226 g/mol. The van der Waals surface area contributed by atoms with Gasteiger partial charge in [-0.25, -0.2) is 9.48 Å². The van der Waals surface area contributed by atoms with Gasteiger partial charge in [-0.15, -0.1) is 5.10 Å². The molecule has 2 rings (SSSR count). The molecular formula is C9H13N5O3. The van der Waals surface area contributed by atoms with E-state index >= 15 is 0 Å². The monoisotopic (exact) mass is 239 g/mol. The van der Waals surface area contributed by atoms with E-state index in [4.69, 9.17) is 5.11 Å². The minimum Gasteiger partial charge on any atom is -0.480 e. The van der Waals surface area contributed by atoms with Gasteiger partial charge >= 0.3 is 5.97 Å². The number of nitrogens with one attached hydrogen (secondary N) is 1. The molecule has 0 aromatic carbocycles. The number of nitrogens with zero attached hydrogens (tertiary/aromatic N) is 4. The average molecular weight is 239 g/mol. The number of hydrogen-bond donors (Lipinski definition) is 2. The fraction of sp³-hybridized carbons (Fsp3) is 0.556. The van der Waals surface area contributed by atoms with E-state index in [0.717, 1.165) is 0 Å². The minimum atomic E-state index is -0.996. The Morgan fingerprint density at radius 2 is 2.35 bits per heavy atom. The number of rotatable bonds is 3. The molecule has 1 aliphatic heterocycles. The van der Waals surface area contributed by atoms with Gasteiger partial charge < -0.3 is 15.3 Å². The Kier molecular flexibility index (Phi) is 3.33. The molecule has 8 nitrogen and oxygen atoms in total. The van der Waals surface area contributed by atoms with Gasteiger partial charge in [0.05, 0.1) is 6.20 Å². The molecule has 17 heavy (non-hydrogen) atoms. The van der Waals surface area contributed by atoms with E-state index in [9.17, 15) is 9.59 Å². The second-order valence-corrected chi connectivity index (χ2v) is 3.75. The molecule has 0 spiro atoms. The molecule has 0 radical (unpaired) electrons. The van der Waals surface area contributed by atoms with Crippen molar-refractivity contribution in [3.8, 4) is 0 Å². The van der Waals surface area contributed by atoms with Crippen molar-refractivity contribution in [2.75, 3.05) is 19.6 Å². The number of carboxylic acid groups (broad SMARTS) is 1. The second-order valence-electron chi connectivity index (χ2n) is 3.75. The Morgan fingerprint density at radius 3 is 3.00 bits per heavy atom. The summed E-state index contributed by atoms with van der Waals surface area (Å²) in [5.74, 6) is -1.26. The van der Waals surface area contributed by atoms with Crippen LogP contribution in [0, 0.1) is 0 Å². The van der Waals surface area contributed by atoms with Crippen LogP contribution in [0.4, 0.5) is 0 Å². The van der Waals surface area contributed by atoms with Crippen LogP contribution in [0.25, 0.3) is 0 Å². The first kappa shape index (κ1) is 11.5. The summed E-state index contributed by atoms with van der Waals surface area (Å²) in [6.45, 7) is 1.29. The summed E-state index contributed by atoms with van der Waals surface area (Å²) < 4.78 is 1.38. The van der Waals surface area contributed by atoms with E-state index in [2.05, 4.69) is 15.6 Å². The lowest BCUT2D eigenvalue weighted by Gasteiger charge is -2.33. The van der Waals surface area contributed by atoms with Crippen LogP contribution in [0.1, 0.15) is 0 Å². The molecule has 92 valence electrons. The summed E-state index contributed by atoms with van der Waals surface area (Å²) >= 11 is 0. The molecule has 0 bridgehead atoms. The fourth-order valence-electron chi connectivity index (χ4n) is 1.77. The quantitative estimate of drug-likeness (QED) is 0.643. The smallest absolute Gasteiger partial charge is 0.327 e. The lowest BCUT2D eigenvalue weighted by Crippen LogP contribution is -2.57. The third-order valence-electron chi connectivity index (χ3n) is 2.62. The highest BCUT2D eigenvalue weighted by Gasteiger charge is 2.31. The van der Waals surface area contributed by atoms with Gasteiger partial charge in [-0.05, 0) is 0 Å². The van der Waals surface area contributed by atoms with Crippen LogP contribution in [0.5, 0.6) is 0 Å². The van der Waals surface area contributed by atoms with Gasteiger partial charge in [0, 0.05) is 25.8 Å². The maximum absolute atomic E-state index is 11.9. The van der Waals surface area contributed by atoms with Crippen LogP contribution in [-0.4, -0.2) is 62.6 Å². The first-order valence-corrected chi connectivity index (χ1v) is 5.25. The fourth-order valence-corrected chi connectivity index (χ4v) is 1.77. The average Bonchev–Trinajstić information content (AvgIpc) is 2.81. The molecule has 8 heteroatoms. The Labute approximate surface area is 97.2 Å². The molecule has 0 aliphatic carbocycles. The van der Waals surface area contributed by atoms with Crippen molar-refractivity contribution >= 4 is 11.9 Å². The van der Waals surface area contributed by atoms with E-state index < -0.39 is 12.0 Å². The molecule has 2 heterocycles. The number of hydrogen-bond acceptors (Lipinski definition) is 5. The summed E-state index contributed by atoms with van der Waals surface area (Å²) in [7, 11) is 0. The Bertz CT molecular complexity index is 405. The lowest BCUT2D eigenvalue weighted by molar-refractivity contribution is -0.151. The van der Waals surface area contributed by atoms with Crippen LogP contribution < -0.4 is 5.32 Å². The molecule has 1 fully saturated rings. The topological polar surface area (TPSA) is 100 Å². The van der Waals surface area contributed by atoms with E-state index in [1.54, 1.807) is 6.20 Å². The van der Waals surface area contributed by atoms with Gasteiger partial charge in [0.15, 0.2) is 0 Å². The van der Waals surface area contributed by atoms with E-state index in [1.807, 2.05) is 0 Å². The number of carbonyl (C=O) groups is 2. The number of carbonyl (C=O) groups excluding carboxylic acids is 1. The lowest BCUT2D eigenvalue weighted by atomic mass is 10.2. The largest absolute Gasteiger partial charge is 0.480 e. The van der Waals surface area contributed by atoms with Gasteiger partial charge in [0.1, 0.15) is 12.6 Å². The number of amides is 1. The molecule has 0 saturated carbocycles. The van der Waals surface area contributed by atoms with E-state index in [0.29, 0.717) is 13.1 Å². The maximum Gasteiger partial charge on any atom is 0.327 e. The summed E-state index contributed by atoms with van der Waals surface area (Å²) in [5.41, 5.74) is 0. The molecule has 1 aliphatic rings. The maximum atomic E-state index is 11.9. The molecule has 1 amide bonds. The highest BCUT2D eigenvalue weighted by atomic mass is 16.4. The predicted molar refractivity (Wildman–Crippen MR) is 56.0 cm³/mol. The summed E-state index contributed by atoms with van der Waals surface area (Å²) in [4.78, 5) is 24.3. The van der Waals surface area contributed by atoms with Gasteiger partial charge in [-0.1, -0.05) is 5.21 Å². The molecule has 1 aromatic heterocycles. The first-order chi connectivity index (χ1) is 8.18. The van der Waals surface area contributed by atoms with Gasteiger partial charge in [-0.3, -0.25) is 4.79 Å². The van der Waals surface area contributed by atoms with Crippen LogP contribution in [0.2, 0.25) is 0 Å². The molecule has 1 unspecified atom stereocenters. The second kappa shape index (κ2) is 4.91. The van der Waals surface area contributed by atoms with Crippen LogP contribution in [0.15, 0.2) is 12.4 Å². The van der Waals surface area contributed by atoms with Crippen molar-refractivity contribution in [3.63, 3.8) is 0 Å². The Morgan fingerprint density at radius 1 is 1.53 bits per heavy atom. The summed E-state index contributed by atoms with van der Waals surface area (Å²) in [5, 5.41) is 19.2. The van der Waals surface area contributed by atoms with Crippen molar-refractivity contribution in [2.45, 2.75) is 12.6 Å². The zero-order chi connectivity index (χ0) is 12.3. The van der Waals surface area contributed by atoms with Crippen molar-refractivity contribution in [1.29, 1.82) is 0 Å². The van der Waals surface area contributed by atoms with E-state index in [-0.39, 0.29) is 19.0 Å². The third kappa shape index (κ3) is 2.59. The molecule has 2 N–H and O–H groups in total. The molecule has 1 saturated heterocycles. The molecule has 1 atom stereocenters. The van der Waals surface area contributed by atoms with Crippen LogP contribution in [0.3, 0.4) is 0 Å². The Hall–Kier alpha value is -1.96. The van der Waals surface area contributed by atoms with Crippen molar-refractivity contribution in [3.05, 3.63) is 12.4 Å². The predicted octanol–water partition coefficient (Wildman–Crippen LogP) is -1.84. The first-order valence-electron chi connectivity index (χ1n) is 5.25. The van der Waals surface area contributed by atoms with Crippen molar-refractivity contribution < 1.29 is 14.7 Å². The zero-order valence-electron chi connectivity index (χ0n) is 9.11. The third-order valence-corrected chi connectivity index (χ3v) is 2.62. The standard InChI is InChI=1S/C9H13N5O3/c15-8(6-13-3-2-11-12-13)14-4-1-10-5-7(14)9(16)17/h2-3,7,10H,1,4-6H2,(H,16,17). The highest BCUT2D eigenvalue weighted by Crippen LogP contribution is 2.05. The zero-order valence-corrected chi connectivity index (χ0v) is 9.11. The number of carboxylic acids is 1. The van der Waals surface area contributed by atoms with Crippen molar-refractivity contribution in [1.82, 2.24) is 25.2 Å². The molecule has 1 aromatic rings. The number of aliphatic carboxylic acids is 1. The minimum absolute atomic E-state index is 0.0176. The SMILES string of the molecule is O=C(O)C1CNCCN1C(=O)Cn1ccnn1. The van der Waals surface area contributed by atoms with E-state index in [1.165, 1.54) is 15.8 Å².